The number of nitrogens with zero attached hydrogens (tertiary/aromatic N) is 3. The third-order valence-corrected chi connectivity index (χ3v) is 6.20. The molecule has 0 radical (unpaired) electrons. The number of carbonyl (C=O) groups excluding carboxylic acids is 2. The fourth-order valence-electron chi connectivity index (χ4n) is 3.77. The van der Waals surface area contributed by atoms with Gasteiger partial charge in [0.15, 0.2) is 0 Å². The van der Waals surface area contributed by atoms with Crippen molar-refractivity contribution in [3.05, 3.63) is 47.1 Å². The highest BCUT2D eigenvalue weighted by Crippen LogP contribution is 2.35. The molecule has 1 aliphatic heterocycles. The number of rotatable bonds is 2. The van der Waals surface area contributed by atoms with E-state index in [1.54, 1.807) is 29.2 Å². The number of aromatic nitrogens is 2. The Labute approximate surface area is 173 Å². The summed E-state index contributed by atoms with van der Waals surface area (Å²) in [5.74, 6) is -0.456. The van der Waals surface area contributed by atoms with Gasteiger partial charge in [0.25, 0.3) is 0 Å². The number of benzene rings is 1. The lowest BCUT2D eigenvalue weighted by Crippen LogP contribution is -2.46. The maximum atomic E-state index is 13.1. The molecule has 1 unspecified atom stereocenters. The molecule has 0 aliphatic carbocycles. The number of hydrogen-bond acceptors (Lipinski definition) is 6. The minimum Gasteiger partial charge on any atom is -0.383 e. The first-order valence-electron chi connectivity index (χ1n) is 9.59. The normalized spacial score (nSPS) is 19.3. The number of fused-ring (bicyclic) bond motifs is 1. The number of likely N-dealkylation sites (tertiary alicyclic amines) is 1. The molecule has 150 valence electrons. The first-order chi connectivity index (χ1) is 13.9. The molecule has 3 heterocycles. The van der Waals surface area contributed by atoms with Gasteiger partial charge < -0.3 is 16.0 Å². The Morgan fingerprint density at radius 2 is 2.07 bits per heavy atom. The molecule has 2 amide bonds. The van der Waals surface area contributed by atoms with Gasteiger partial charge in [-0.15, -0.1) is 11.3 Å². The lowest BCUT2D eigenvalue weighted by molar-refractivity contribution is -0.146. The highest BCUT2D eigenvalue weighted by atomic mass is 32.1. The highest BCUT2D eigenvalue weighted by Gasteiger charge is 2.34. The molecular weight excluding hydrogens is 386 g/mol. The van der Waals surface area contributed by atoms with Crippen LogP contribution < -0.4 is 11.1 Å². The smallest absolute Gasteiger partial charge is 0.313 e. The molecule has 8 heteroatoms. The largest absolute Gasteiger partial charge is 0.383 e. The summed E-state index contributed by atoms with van der Waals surface area (Å²) in [6.07, 6.45) is 3.28. The molecule has 1 saturated heterocycles. The number of nitrogens with two attached hydrogens (primary N) is 1. The predicted molar refractivity (Wildman–Crippen MR) is 114 cm³/mol. The van der Waals surface area contributed by atoms with Crippen LogP contribution in [0.3, 0.4) is 0 Å². The van der Waals surface area contributed by atoms with Gasteiger partial charge in [0.2, 0.25) is 0 Å². The molecule has 7 nitrogen and oxygen atoms in total. The minimum atomic E-state index is -0.662. The second kappa shape index (κ2) is 7.79. The summed E-state index contributed by atoms with van der Waals surface area (Å²) in [5.41, 5.74) is 10.7. The molecule has 0 bridgehead atoms. The minimum absolute atomic E-state index is 0.137. The van der Waals surface area contributed by atoms with Crippen LogP contribution in [-0.2, 0) is 9.59 Å². The Morgan fingerprint density at radius 1 is 1.24 bits per heavy atom. The van der Waals surface area contributed by atoms with Crippen LogP contribution in [0.4, 0.5) is 11.5 Å². The fourth-order valence-corrected chi connectivity index (χ4v) is 4.43. The molecule has 29 heavy (non-hydrogen) atoms. The standard InChI is InChI=1S/C21H23N5O2S/c1-12-3-5-17(14-4-6-18-16(8-14)24-11-29-18)26(10-12)21(28)20(27)25-15-7-13(2)19(22)23-9-15/h4,6-9,11-12,17H,3,5,10H2,1-2H3,(H2,22,23)(H,25,27)/t12?,17-/m1/s1. The second-order valence-corrected chi connectivity index (χ2v) is 8.50. The van der Waals surface area contributed by atoms with Gasteiger partial charge in [0, 0.05) is 6.54 Å². The molecule has 0 saturated carbocycles. The van der Waals surface area contributed by atoms with E-state index in [9.17, 15) is 9.59 Å². The molecule has 1 fully saturated rings. The van der Waals surface area contributed by atoms with E-state index in [1.807, 2.05) is 23.7 Å². The van der Waals surface area contributed by atoms with Crippen LogP contribution in [-0.4, -0.2) is 33.2 Å². The summed E-state index contributed by atoms with van der Waals surface area (Å²) in [6.45, 7) is 4.45. The van der Waals surface area contributed by atoms with Gasteiger partial charge in [0.05, 0.1) is 33.7 Å². The Hall–Kier alpha value is -3.00. The first kappa shape index (κ1) is 19.3. The lowest BCUT2D eigenvalue weighted by atomic mass is 9.89. The molecule has 2 aromatic heterocycles. The van der Waals surface area contributed by atoms with E-state index in [0.29, 0.717) is 24.0 Å². The molecular formula is C21H23N5O2S. The van der Waals surface area contributed by atoms with E-state index < -0.39 is 11.8 Å². The van der Waals surface area contributed by atoms with Crippen molar-refractivity contribution >= 4 is 44.9 Å². The van der Waals surface area contributed by atoms with Crippen LogP contribution in [0, 0.1) is 12.8 Å². The van der Waals surface area contributed by atoms with Gasteiger partial charge in [0.1, 0.15) is 5.82 Å². The van der Waals surface area contributed by atoms with Gasteiger partial charge in [-0.3, -0.25) is 9.59 Å². The van der Waals surface area contributed by atoms with Gasteiger partial charge >= 0.3 is 11.8 Å². The first-order valence-corrected chi connectivity index (χ1v) is 10.5. The van der Waals surface area contributed by atoms with Crippen LogP contribution in [0.2, 0.25) is 0 Å². The number of nitrogen functional groups attached to an aromatic ring is 1. The van der Waals surface area contributed by atoms with Crippen LogP contribution in [0.5, 0.6) is 0 Å². The monoisotopic (exact) mass is 409 g/mol. The van der Waals surface area contributed by atoms with Crippen LogP contribution in [0.15, 0.2) is 36.0 Å². The zero-order chi connectivity index (χ0) is 20.5. The van der Waals surface area contributed by atoms with E-state index in [-0.39, 0.29) is 6.04 Å². The number of anilines is 2. The molecule has 2 atom stereocenters. The third-order valence-electron chi connectivity index (χ3n) is 5.39. The number of amides is 2. The number of pyridine rings is 1. The second-order valence-electron chi connectivity index (χ2n) is 7.62. The Morgan fingerprint density at radius 3 is 2.86 bits per heavy atom. The lowest BCUT2D eigenvalue weighted by Gasteiger charge is -2.38. The van der Waals surface area contributed by atoms with E-state index in [1.165, 1.54) is 6.20 Å². The predicted octanol–water partition coefficient (Wildman–Crippen LogP) is 3.52. The quantitative estimate of drug-likeness (QED) is 0.631. The maximum Gasteiger partial charge on any atom is 0.313 e. The Balaban J connectivity index is 1.57. The molecule has 3 aromatic rings. The molecule has 1 aromatic carbocycles. The van der Waals surface area contributed by atoms with Crippen molar-refractivity contribution in [3.63, 3.8) is 0 Å². The number of carbonyl (C=O) groups is 2. The SMILES string of the molecule is Cc1cc(NC(=O)C(=O)N2CC(C)CC[C@@H]2c2ccc3scnc3c2)cnc1N. The summed E-state index contributed by atoms with van der Waals surface area (Å²) in [5, 5.41) is 2.66. The zero-order valence-corrected chi connectivity index (χ0v) is 17.2. The van der Waals surface area contributed by atoms with Crippen molar-refractivity contribution in [3.8, 4) is 0 Å². The highest BCUT2D eigenvalue weighted by molar-refractivity contribution is 7.16. The van der Waals surface area contributed by atoms with Crippen LogP contribution in [0.25, 0.3) is 10.2 Å². The number of thiazole rings is 1. The van der Waals surface area contributed by atoms with Crippen molar-refractivity contribution in [2.75, 3.05) is 17.6 Å². The van der Waals surface area contributed by atoms with Gasteiger partial charge in [-0.2, -0.15) is 0 Å². The van der Waals surface area contributed by atoms with Crippen molar-refractivity contribution in [1.82, 2.24) is 14.9 Å². The Kier molecular flexibility index (Phi) is 5.19. The fraction of sp³-hybridized carbons (Fsp3) is 0.333. The number of hydrogen-bond donors (Lipinski definition) is 2. The van der Waals surface area contributed by atoms with Gasteiger partial charge in [-0.25, -0.2) is 9.97 Å². The van der Waals surface area contributed by atoms with E-state index in [4.69, 9.17) is 5.73 Å². The number of piperidine rings is 1. The summed E-state index contributed by atoms with van der Waals surface area (Å²) in [4.78, 5) is 35.9. The maximum absolute atomic E-state index is 13.1. The summed E-state index contributed by atoms with van der Waals surface area (Å²) in [7, 11) is 0. The van der Waals surface area contributed by atoms with Gasteiger partial charge in [-0.1, -0.05) is 13.0 Å². The van der Waals surface area contributed by atoms with Gasteiger partial charge in [-0.05, 0) is 55.0 Å². The summed E-state index contributed by atoms with van der Waals surface area (Å²) < 4.78 is 1.11. The third kappa shape index (κ3) is 3.93. The zero-order valence-electron chi connectivity index (χ0n) is 16.4. The Bertz CT molecular complexity index is 1080. The van der Waals surface area contributed by atoms with E-state index in [0.717, 1.165) is 34.2 Å². The van der Waals surface area contributed by atoms with E-state index >= 15 is 0 Å². The topological polar surface area (TPSA) is 101 Å². The summed E-state index contributed by atoms with van der Waals surface area (Å²) >= 11 is 1.59. The average Bonchev–Trinajstić information content (AvgIpc) is 3.18. The van der Waals surface area contributed by atoms with E-state index in [2.05, 4.69) is 22.2 Å². The van der Waals surface area contributed by atoms with Crippen molar-refractivity contribution < 1.29 is 9.59 Å². The van der Waals surface area contributed by atoms with Crippen molar-refractivity contribution in [1.29, 1.82) is 0 Å². The van der Waals surface area contributed by atoms with Crippen LogP contribution in [0.1, 0.15) is 36.9 Å². The molecule has 1 aliphatic rings. The molecule has 4 rings (SSSR count). The number of nitrogens with one attached hydrogen (secondary N) is 1. The summed E-state index contributed by atoms with van der Waals surface area (Å²) in [6, 6.07) is 7.66. The van der Waals surface area contributed by atoms with Crippen LogP contribution >= 0.6 is 11.3 Å². The number of aryl methyl sites for hydroxylation is 1. The molecule has 3 N–H and O–H groups in total. The van der Waals surface area contributed by atoms with Crippen molar-refractivity contribution in [2.45, 2.75) is 32.7 Å². The average molecular weight is 410 g/mol. The molecule has 0 spiro atoms. The van der Waals surface area contributed by atoms with Crippen molar-refractivity contribution in [2.24, 2.45) is 5.92 Å².